The highest BCUT2D eigenvalue weighted by Crippen LogP contribution is 2.12. The molecule has 1 heterocycles. The van der Waals surface area contributed by atoms with Gasteiger partial charge in [0.15, 0.2) is 0 Å². The van der Waals surface area contributed by atoms with Crippen molar-refractivity contribution in [1.82, 2.24) is 4.90 Å². The van der Waals surface area contributed by atoms with Crippen molar-refractivity contribution in [3.8, 4) is 0 Å². The fourth-order valence-corrected chi connectivity index (χ4v) is 1.56. The smallest absolute Gasteiger partial charge is 0.236 e. The summed E-state index contributed by atoms with van der Waals surface area (Å²) in [4.78, 5) is 13.1. The number of alkyl halides is 1. The van der Waals surface area contributed by atoms with Crippen LogP contribution in [0.5, 0.6) is 0 Å². The molecule has 1 rings (SSSR count). The molecule has 0 spiro atoms. The van der Waals surface area contributed by atoms with E-state index < -0.39 is 0 Å². The first-order valence-electron chi connectivity index (χ1n) is 4.44. The van der Waals surface area contributed by atoms with E-state index in [2.05, 4.69) is 15.9 Å². The van der Waals surface area contributed by atoms with Gasteiger partial charge in [0.25, 0.3) is 0 Å². The molecule has 3 nitrogen and oxygen atoms in total. The fraction of sp³-hybridized carbons (Fsp3) is 0.500. The minimum Gasteiger partial charge on any atom is -0.469 e. The number of carbonyl (C=O) groups excluding carboxylic acids is 1. The zero-order chi connectivity index (χ0) is 10.7. The molecule has 78 valence electrons. The quantitative estimate of drug-likeness (QED) is 0.781. The molecular weight excluding hydrogens is 246 g/mol. The molecule has 0 aliphatic carbocycles. The van der Waals surface area contributed by atoms with E-state index in [-0.39, 0.29) is 10.7 Å². The number of amides is 1. The summed E-state index contributed by atoms with van der Waals surface area (Å²) in [6.45, 7) is 4.31. The van der Waals surface area contributed by atoms with Gasteiger partial charge in [0.2, 0.25) is 5.91 Å². The van der Waals surface area contributed by atoms with Crippen LogP contribution in [0.25, 0.3) is 0 Å². The van der Waals surface area contributed by atoms with Crippen molar-refractivity contribution >= 4 is 21.8 Å². The van der Waals surface area contributed by atoms with E-state index in [9.17, 15) is 4.79 Å². The van der Waals surface area contributed by atoms with Crippen LogP contribution in [0, 0.1) is 6.92 Å². The van der Waals surface area contributed by atoms with E-state index in [0.29, 0.717) is 6.54 Å². The molecule has 0 aliphatic rings. The highest BCUT2D eigenvalue weighted by molar-refractivity contribution is 9.10. The topological polar surface area (TPSA) is 33.5 Å². The second kappa shape index (κ2) is 4.64. The average Bonchev–Trinajstić information content (AvgIpc) is 2.50. The largest absolute Gasteiger partial charge is 0.469 e. The number of hydrogen-bond donors (Lipinski definition) is 0. The summed E-state index contributed by atoms with van der Waals surface area (Å²) in [5.74, 6) is 0.942. The lowest BCUT2D eigenvalue weighted by atomic mass is 10.2. The molecule has 1 unspecified atom stereocenters. The number of halogens is 1. The van der Waals surface area contributed by atoms with Gasteiger partial charge in [-0.3, -0.25) is 4.79 Å². The van der Waals surface area contributed by atoms with Crippen molar-refractivity contribution in [2.24, 2.45) is 0 Å². The van der Waals surface area contributed by atoms with Crippen LogP contribution >= 0.6 is 15.9 Å². The summed E-state index contributed by atoms with van der Waals surface area (Å²) < 4.78 is 5.16. The lowest BCUT2D eigenvalue weighted by Gasteiger charge is -2.18. The molecule has 4 heteroatoms. The maximum Gasteiger partial charge on any atom is 0.236 e. The molecule has 1 amide bonds. The maximum atomic E-state index is 11.5. The SMILES string of the molecule is Cc1occc1CN(C)C(=O)C(C)Br. The molecule has 0 N–H and O–H groups in total. The second-order valence-electron chi connectivity index (χ2n) is 3.31. The van der Waals surface area contributed by atoms with Crippen LogP contribution in [-0.4, -0.2) is 22.7 Å². The Morgan fingerprint density at radius 3 is 2.79 bits per heavy atom. The highest BCUT2D eigenvalue weighted by Gasteiger charge is 2.15. The van der Waals surface area contributed by atoms with E-state index in [1.54, 1.807) is 18.2 Å². The lowest BCUT2D eigenvalue weighted by molar-refractivity contribution is -0.129. The Bertz CT molecular complexity index is 320. The number of hydrogen-bond acceptors (Lipinski definition) is 2. The van der Waals surface area contributed by atoms with Gasteiger partial charge in [-0.2, -0.15) is 0 Å². The van der Waals surface area contributed by atoms with Crippen molar-refractivity contribution in [2.45, 2.75) is 25.2 Å². The van der Waals surface area contributed by atoms with Crippen molar-refractivity contribution in [2.75, 3.05) is 7.05 Å². The van der Waals surface area contributed by atoms with Crippen LogP contribution in [0.3, 0.4) is 0 Å². The van der Waals surface area contributed by atoms with E-state index in [4.69, 9.17) is 4.42 Å². The average molecular weight is 260 g/mol. The normalized spacial score (nSPS) is 12.6. The van der Waals surface area contributed by atoms with Crippen LogP contribution in [0.4, 0.5) is 0 Å². The van der Waals surface area contributed by atoms with Gasteiger partial charge in [-0.25, -0.2) is 0 Å². The van der Waals surface area contributed by atoms with E-state index >= 15 is 0 Å². The molecule has 0 bridgehead atoms. The third-order valence-corrected chi connectivity index (χ3v) is 2.48. The Morgan fingerprint density at radius 2 is 2.36 bits per heavy atom. The van der Waals surface area contributed by atoms with Gasteiger partial charge in [-0.05, 0) is 19.9 Å². The lowest BCUT2D eigenvalue weighted by Crippen LogP contribution is -2.31. The summed E-state index contributed by atoms with van der Waals surface area (Å²) in [7, 11) is 1.78. The van der Waals surface area contributed by atoms with E-state index in [0.717, 1.165) is 11.3 Å². The predicted octanol–water partition coefficient (Wildman–Crippen LogP) is 2.33. The molecule has 1 atom stereocenters. The zero-order valence-corrected chi connectivity index (χ0v) is 10.2. The molecule has 0 saturated heterocycles. The molecule has 1 aromatic rings. The van der Waals surface area contributed by atoms with Gasteiger partial charge in [-0.15, -0.1) is 0 Å². The summed E-state index contributed by atoms with van der Waals surface area (Å²) in [6.07, 6.45) is 1.64. The number of aryl methyl sites for hydroxylation is 1. The standard InChI is InChI=1S/C10H14BrNO2/c1-7(11)10(13)12(3)6-9-4-5-14-8(9)2/h4-5,7H,6H2,1-3H3. The summed E-state index contributed by atoms with van der Waals surface area (Å²) >= 11 is 3.25. The van der Waals surface area contributed by atoms with Crippen molar-refractivity contribution in [3.05, 3.63) is 23.7 Å². The van der Waals surface area contributed by atoms with Gasteiger partial charge < -0.3 is 9.32 Å². The maximum absolute atomic E-state index is 11.5. The van der Waals surface area contributed by atoms with Gasteiger partial charge in [0.1, 0.15) is 5.76 Å². The number of furan rings is 1. The predicted molar refractivity (Wildman–Crippen MR) is 58.3 cm³/mol. The Balaban J connectivity index is 2.62. The van der Waals surface area contributed by atoms with Crippen LogP contribution in [0.1, 0.15) is 18.2 Å². The molecular formula is C10H14BrNO2. The second-order valence-corrected chi connectivity index (χ2v) is 4.69. The summed E-state index contributed by atoms with van der Waals surface area (Å²) in [5.41, 5.74) is 1.05. The van der Waals surface area contributed by atoms with E-state index in [1.807, 2.05) is 19.9 Å². The van der Waals surface area contributed by atoms with Gasteiger partial charge in [-0.1, -0.05) is 15.9 Å². The molecule has 0 aromatic carbocycles. The van der Waals surface area contributed by atoms with Gasteiger partial charge >= 0.3 is 0 Å². The van der Waals surface area contributed by atoms with E-state index in [1.165, 1.54) is 0 Å². The highest BCUT2D eigenvalue weighted by atomic mass is 79.9. The van der Waals surface area contributed by atoms with Crippen molar-refractivity contribution in [3.63, 3.8) is 0 Å². The van der Waals surface area contributed by atoms with Crippen LogP contribution in [0.2, 0.25) is 0 Å². The number of nitrogens with zero attached hydrogens (tertiary/aromatic N) is 1. The summed E-state index contributed by atoms with van der Waals surface area (Å²) in [5, 5.41) is 0. The molecule has 0 radical (unpaired) electrons. The molecule has 0 fully saturated rings. The fourth-order valence-electron chi connectivity index (χ4n) is 1.21. The zero-order valence-electron chi connectivity index (χ0n) is 8.58. The first-order valence-corrected chi connectivity index (χ1v) is 5.36. The molecule has 1 aromatic heterocycles. The minimum atomic E-state index is -0.139. The Kier molecular flexibility index (Phi) is 3.75. The number of rotatable bonds is 3. The Labute approximate surface area is 92.2 Å². The summed E-state index contributed by atoms with van der Waals surface area (Å²) in [6, 6.07) is 1.89. The Morgan fingerprint density at radius 1 is 1.71 bits per heavy atom. The monoisotopic (exact) mass is 259 g/mol. The Hall–Kier alpha value is -0.770. The third-order valence-electron chi connectivity index (χ3n) is 2.09. The first-order chi connectivity index (χ1) is 6.52. The van der Waals surface area contributed by atoms with Crippen LogP contribution in [0.15, 0.2) is 16.7 Å². The molecule has 0 saturated carbocycles. The molecule has 14 heavy (non-hydrogen) atoms. The minimum absolute atomic E-state index is 0.0746. The van der Waals surface area contributed by atoms with Crippen LogP contribution < -0.4 is 0 Å². The van der Waals surface area contributed by atoms with Crippen molar-refractivity contribution < 1.29 is 9.21 Å². The third kappa shape index (κ3) is 2.61. The van der Waals surface area contributed by atoms with Crippen LogP contribution in [-0.2, 0) is 11.3 Å². The molecule has 0 aliphatic heterocycles. The van der Waals surface area contributed by atoms with Gasteiger partial charge in [0.05, 0.1) is 11.1 Å². The first kappa shape index (κ1) is 11.3. The van der Waals surface area contributed by atoms with Crippen molar-refractivity contribution in [1.29, 1.82) is 0 Å². The van der Waals surface area contributed by atoms with Gasteiger partial charge in [0, 0.05) is 19.2 Å². The number of carbonyl (C=O) groups is 1.